The van der Waals surface area contributed by atoms with Gasteiger partial charge >= 0.3 is 0 Å². The van der Waals surface area contributed by atoms with Gasteiger partial charge in [-0.1, -0.05) is 51.5 Å². The molecule has 1 saturated heterocycles. The summed E-state index contributed by atoms with van der Waals surface area (Å²) in [4.78, 5) is 14.4. The number of anilines is 1. The lowest BCUT2D eigenvalue weighted by Crippen LogP contribution is -2.27. The molecule has 134 valence electrons. The first-order chi connectivity index (χ1) is 12.3. The summed E-state index contributed by atoms with van der Waals surface area (Å²) in [6.07, 6.45) is 1.64. The van der Waals surface area contributed by atoms with Gasteiger partial charge < -0.3 is 9.84 Å². The zero-order valence-electron chi connectivity index (χ0n) is 13.1. The average Bonchev–Trinajstić information content (AvgIpc) is 2.86. The van der Waals surface area contributed by atoms with E-state index in [4.69, 9.17) is 28.6 Å². The van der Waals surface area contributed by atoms with Crippen LogP contribution in [0.1, 0.15) is 5.56 Å². The molecule has 1 heterocycles. The SMILES string of the molecule is COc1cc(/C=C2/SC(=S)N(c3ccc(F)c(Cl)c3)C2=O)c(Br)cc1O. The van der Waals surface area contributed by atoms with Crippen molar-refractivity contribution in [2.45, 2.75) is 0 Å². The van der Waals surface area contributed by atoms with E-state index in [9.17, 15) is 14.3 Å². The van der Waals surface area contributed by atoms with Crippen LogP contribution in [0.15, 0.2) is 39.7 Å². The smallest absolute Gasteiger partial charge is 0.270 e. The molecule has 0 unspecified atom stereocenters. The molecule has 0 atom stereocenters. The highest BCUT2D eigenvalue weighted by Crippen LogP contribution is 2.39. The molecule has 0 bridgehead atoms. The van der Waals surface area contributed by atoms with Crippen LogP contribution in [0.2, 0.25) is 5.02 Å². The Labute approximate surface area is 171 Å². The molecule has 1 N–H and O–H groups in total. The summed E-state index contributed by atoms with van der Waals surface area (Å²) < 4.78 is 19.4. The van der Waals surface area contributed by atoms with Crippen LogP contribution in [0.4, 0.5) is 10.1 Å². The van der Waals surface area contributed by atoms with Crippen LogP contribution in [-0.2, 0) is 4.79 Å². The first kappa shape index (κ1) is 19.2. The van der Waals surface area contributed by atoms with Crippen LogP contribution >= 0.6 is 51.5 Å². The van der Waals surface area contributed by atoms with Gasteiger partial charge in [0.1, 0.15) is 5.82 Å². The van der Waals surface area contributed by atoms with Gasteiger partial charge in [0, 0.05) is 4.47 Å². The van der Waals surface area contributed by atoms with Gasteiger partial charge in [-0.05, 0) is 42.0 Å². The minimum absolute atomic E-state index is 0.0231. The Kier molecular flexibility index (Phi) is 5.57. The Morgan fingerprint density at radius 3 is 2.77 bits per heavy atom. The fourth-order valence-electron chi connectivity index (χ4n) is 2.29. The topological polar surface area (TPSA) is 49.8 Å². The van der Waals surface area contributed by atoms with E-state index >= 15 is 0 Å². The molecule has 1 amide bonds. The first-order valence-electron chi connectivity index (χ1n) is 7.11. The highest BCUT2D eigenvalue weighted by atomic mass is 79.9. The van der Waals surface area contributed by atoms with Crippen LogP contribution < -0.4 is 9.64 Å². The Balaban J connectivity index is 1.98. The summed E-state index contributed by atoms with van der Waals surface area (Å²) in [5, 5.41) is 9.70. The molecule has 1 aliphatic heterocycles. The molecule has 4 nitrogen and oxygen atoms in total. The van der Waals surface area contributed by atoms with Crippen molar-refractivity contribution in [2.75, 3.05) is 12.0 Å². The predicted molar refractivity (Wildman–Crippen MR) is 109 cm³/mol. The lowest BCUT2D eigenvalue weighted by Gasteiger charge is -2.14. The standard InChI is InChI=1S/C17H10BrClFNO3S2/c1-24-14-4-8(10(18)7-13(14)22)5-15-16(23)21(17(25)26-15)9-2-3-12(20)11(19)6-9/h2-7,22H,1H3/b15-5+. The number of carbonyl (C=O) groups excluding carboxylic acids is 1. The van der Waals surface area contributed by atoms with Gasteiger partial charge in [-0.15, -0.1) is 0 Å². The number of phenols is 1. The number of methoxy groups -OCH3 is 1. The maximum atomic E-state index is 13.4. The molecule has 0 radical (unpaired) electrons. The highest BCUT2D eigenvalue weighted by molar-refractivity contribution is 9.10. The number of carbonyl (C=O) groups is 1. The normalized spacial score (nSPS) is 15.8. The van der Waals surface area contributed by atoms with Crippen LogP contribution in [0.5, 0.6) is 11.5 Å². The van der Waals surface area contributed by atoms with Gasteiger partial charge in [-0.25, -0.2) is 4.39 Å². The van der Waals surface area contributed by atoms with Crippen molar-refractivity contribution in [3.63, 3.8) is 0 Å². The highest BCUT2D eigenvalue weighted by Gasteiger charge is 2.33. The van der Waals surface area contributed by atoms with E-state index in [1.807, 2.05) is 0 Å². The zero-order valence-corrected chi connectivity index (χ0v) is 17.1. The molecule has 26 heavy (non-hydrogen) atoms. The van der Waals surface area contributed by atoms with E-state index in [1.165, 1.54) is 36.3 Å². The van der Waals surface area contributed by atoms with E-state index in [1.54, 1.807) is 12.1 Å². The summed E-state index contributed by atoms with van der Waals surface area (Å²) in [6.45, 7) is 0. The van der Waals surface area contributed by atoms with Gasteiger partial charge in [0.15, 0.2) is 15.8 Å². The van der Waals surface area contributed by atoms with E-state index in [2.05, 4.69) is 15.9 Å². The molecule has 0 spiro atoms. The van der Waals surface area contributed by atoms with Gasteiger partial charge in [0.05, 0.1) is 22.7 Å². The molecule has 0 aliphatic carbocycles. The predicted octanol–water partition coefficient (Wildman–Crippen LogP) is 5.36. The van der Waals surface area contributed by atoms with Gasteiger partial charge in [-0.2, -0.15) is 0 Å². The molecule has 1 fully saturated rings. The van der Waals surface area contributed by atoms with Gasteiger partial charge in [0.25, 0.3) is 5.91 Å². The van der Waals surface area contributed by atoms with Crippen molar-refractivity contribution in [1.29, 1.82) is 0 Å². The lowest BCUT2D eigenvalue weighted by atomic mass is 10.2. The Morgan fingerprint density at radius 1 is 1.38 bits per heavy atom. The fraction of sp³-hybridized carbons (Fsp3) is 0.0588. The Bertz CT molecular complexity index is 967. The molecule has 1 aliphatic rings. The third-order valence-electron chi connectivity index (χ3n) is 3.54. The number of nitrogens with zero attached hydrogens (tertiary/aromatic N) is 1. The third-order valence-corrected chi connectivity index (χ3v) is 5.82. The lowest BCUT2D eigenvalue weighted by molar-refractivity contribution is -0.113. The van der Waals surface area contributed by atoms with Crippen LogP contribution in [0.25, 0.3) is 6.08 Å². The largest absolute Gasteiger partial charge is 0.504 e. The fourth-order valence-corrected chi connectivity index (χ4v) is 4.20. The van der Waals surface area contributed by atoms with E-state index in [-0.39, 0.29) is 22.4 Å². The molecule has 3 rings (SSSR count). The van der Waals surface area contributed by atoms with Crippen molar-refractivity contribution < 1.29 is 19.0 Å². The van der Waals surface area contributed by atoms with E-state index in [0.717, 1.165) is 11.8 Å². The molecular formula is C17H10BrClFNO3S2. The Morgan fingerprint density at radius 2 is 2.12 bits per heavy atom. The second kappa shape index (κ2) is 7.56. The van der Waals surface area contributed by atoms with Crippen molar-refractivity contribution >= 4 is 73.5 Å². The average molecular weight is 475 g/mol. The minimum Gasteiger partial charge on any atom is -0.504 e. The summed E-state index contributed by atoms with van der Waals surface area (Å²) in [6, 6.07) is 7.05. The van der Waals surface area contributed by atoms with Crippen molar-refractivity contribution in [2.24, 2.45) is 0 Å². The molecule has 2 aromatic carbocycles. The zero-order chi connectivity index (χ0) is 19.0. The number of thioether (sulfide) groups is 1. The number of hydrogen-bond donors (Lipinski definition) is 1. The number of rotatable bonds is 3. The minimum atomic E-state index is -0.573. The van der Waals surface area contributed by atoms with Crippen molar-refractivity contribution in [3.05, 3.63) is 56.1 Å². The maximum absolute atomic E-state index is 13.4. The van der Waals surface area contributed by atoms with Crippen LogP contribution in [0, 0.1) is 5.82 Å². The number of amides is 1. The summed E-state index contributed by atoms with van der Waals surface area (Å²) in [7, 11) is 1.44. The number of phenolic OH excluding ortho intramolecular Hbond substituents is 1. The quantitative estimate of drug-likeness (QED) is 0.479. The second-order valence-electron chi connectivity index (χ2n) is 5.16. The van der Waals surface area contributed by atoms with Gasteiger partial charge in [-0.3, -0.25) is 9.69 Å². The maximum Gasteiger partial charge on any atom is 0.270 e. The van der Waals surface area contributed by atoms with Crippen molar-refractivity contribution in [1.82, 2.24) is 0 Å². The molecule has 9 heteroatoms. The summed E-state index contributed by atoms with van der Waals surface area (Å²) in [5.74, 6) is -0.664. The number of thiocarbonyl (C=S) groups is 1. The second-order valence-corrected chi connectivity index (χ2v) is 8.10. The van der Waals surface area contributed by atoms with Gasteiger partial charge in [0.2, 0.25) is 0 Å². The molecule has 0 saturated carbocycles. The monoisotopic (exact) mass is 473 g/mol. The summed E-state index contributed by atoms with van der Waals surface area (Å²) >= 11 is 15.5. The number of halogens is 3. The number of ether oxygens (including phenoxy) is 1. The number of benzene rings is 2. The van der Waals surface area contributed by atoms with E-state index < -0.39 is 5.82 Å². The van der Waals surface area contributed by atoms with E-state index in [0.29, 0.717) is 24.9 Å². The molecular weight excluding hydrogens is 465 g/mol. The van der Waals surface area contributed by atoms with Crippen molar-refractivity contribution in [3.8, 4) is 11.5 Å². The number of hydrogen-bond acceptors (Lipinski definition) is 5. The van der Waals surface area contributed by atoms with Crippen LogP contribution in [0.3, 0.4) is 0 Å². The Hall–Kier alpha value is -1.61. The first-order valence-corrected chi connectivity index (χ1v) is 9.51. The van der Waals surface area contributed by atoms with Crippen LogP contribution in [-0.4, -0.2) is 22.4 Å². The molecule has 2 aromatic rings. The molecule has 0 aromatic heterocycles. The third kappa shape index (κ3) is 3.59. The summed E-state index contributed by atoms with van der Waals surface area (Å²) in [5.41, 5.74) is 1.03. The number of aromatic hydroxyl groups is 1.